The van der Waals surface area contributed by atoms with Crippen LogP contribution >= 0.6 is 0 Å². The van der Waals surface area contributed by atoms with E-state index in [0.29, 0.717) is 19.3 Å². The molecule has 5 rings (SSSR count). The Bertz CT molecular complexity index is 1750. The summed E-state index contributed by atoms with van der Waals surface area (Å²) in [5, 5.41) is 15.1. The average Bonchev–Trinajstić information content (AvgIpc) is 3.34. The van der Waals surface area contributed by atoms with Crippen LogP contribution in [0.25, 0.3) is 11.2 Å². The molecular weight excluding hydrogens is 580 g/mol. The van der Waals surface area contributed by atoms with Gasteiger partial charge in [0.05, 0.1) is 23.3 Å². The highest BCUT2D eigenvalue weighted by Gasteiger charge is 2.31. The molecule has 3 aromatic heterocycles. The Kier molecular flexibility index (Phi) is 8.14. The molecule has 4 heterocycles. The molecule has 1 aliphatic rings. The number of nitrogens with one attached hydrogen (secondary N) is 2. The van der Waals surface area contributed by atoms with Gasteiger partial charge in [-0.2, -0.15) is 14.0 Å². The maximum atomic E-state index is 14.3. The molecule has 0 bridgehead atoms. The number of anilines is 5. The smallest absolute Gasteiger partial charge is 0.327 e. The van der Waals surface area contributed by atoms with Crippen LogP contribution in [-0.2, 0) is 14.8 Å². The number of ether oxygens (including phenoxy) is 1. The lowest BCUT2D eigenvalue weighted by atomic mass is 10.2. The summed E-state index contributed by atoms with van der Waals surface area (Å²) in [5.41, 5.74) is -0.281. The van der Waals surface area contributed by atoms with Crippen LogP contribution in [0.1, 0.15) is 43.4 Å². The molecule has 4 aromatic rings. The predicted molar refractivity (Wildman–Crippen MR) is 147 cm³/mol. The Labute approximate surface area is 237 Å². The van der Waals surface area contributed by atoms with Crippen molar-refractivity contribution >= 4 is 49.9 Å². The normalized spacial score (nSPS) is 15.6. The van der Waals surface area contributed by atoms with Gasteiger partial charge in [-0.15, -0.1) is 0 Å². The highest BCUT2D eigenvalue weighted by molar-refractivity contribution is 7.92. The fourth-order valence-corrected chi connectivity index (χ4v) is 5.45. The lowest BCUT2D eigenvalue weighted by Crippen LogP contribution is -2.35. The van der Waals surface area contributed by atoms with Crippen LogP contribution < -0.4 is 14.9 Å². The fraction of sp³-hybridized carbons (Fsp3) is 0.308. The number of sulfonamides is 1. The number of para-hydroxylation sites is 2. The first-order chi connectivity index (χ1) is 20.1. The summed E-state index contributed by atoms with van der Waals surface area (Å²) >= 11 is 0. The van der Waals surface area contributed by atoms with Crippen molar-refractivity contribution in [2.24, 2.45) is 0 Å². The molecule has 0 spiro atoms. The van der Waals surface area contributed by atoms with Crippen molar-refractivity contribution < 1.29 is 30.7 Å². The van der Waals surface area contributed by atoms with E-state index in [2.05, 4.69) is 25.6 Å². The SMILES string of the molecule is CS(=O)(=O)N(c1ccccc1Nc1cc(Nc2cccc(C#N)n2)nc2c1nc(C(F)F)n2C1CCCCO1)C(F)F. The molecule has 11 nitrogen and oxygen atoms in total. The maximum absolute atomic E-state index is 14.3. The molecule has 1 aromatic carbocycles. The largest absolute Gasteiger partial charge is 0.358 e. The number of fused-ring (bicyclic) bond motifs is 1. The van der Waals surface area contributed by atoms with E-state index in [0.717, 1.165) is 12.8 Å². The zero-order chi connectivity index (χ0) is 30.0. The molecule has 0 radical (unpaired) electrons. The van der Waals surface area contributed by atoms with Gasteiger partial charge in [-0.05, 0) is 43.5 Å². The quantitative estimate of drug-likeness (QED) is 0.179. The molecule has 1 aliphatic heterocycles. The second-order valence-electron chi connectivity index (χ2n) is 9.31. The Morgan fingerprint density at radius 2 is 1.81 bits per heavy atom. The number of hydrogen-bond acceptors (Lipinski definition) is 9. The zero-order valence-electron chi connectivity index (χ0n) is 22.0. The maximum Gasteiger partial charge on any atom is 0.327 e. The van der Waals surface area contributed by atoms with Crippen LogP contribution in [0.2, 0.25) is 0 Å². The van der Waals surface area contributed by atoms with Gasteiger partial charge in [-0.25, -0.2) is 36.5 Å². The predicted octanol–water partition coefficient (Wildman–Crippen LogP) is 5.81. The van der Waals surface area contributed by atoms with Crippen molar-refractivity contribution in [1.82, 2.24) is 19.5 Å². The topological polar surface area (TPSA) is 138 Å². The molecule has 0 aliphatic carbocycles. The van der Waals surface area contributed by atoms with Crippen LogP contribution in [0.4, 0.5) is 46.3 Å². The second kappa shape index (κ2) is 11.8. The van der Waals surface area contributed by atoms with Crippen molar-refractivity contribution in [1.29, 1.82) is 5.26 Å². The summed E-state index contributed by atoms with van der Waals surface area (Å²) < 4.78 is 87.9. The number of hydrogen-bond donors (Lipinski definition) is 2. The number of benzene rings is 1. The number of halogens is 4. The second-order valence-corrected chi connectivity index (χ2v) is 11.2. The van der Waals surface area contributed by atoms with E-state index in [1.165, 1.54) is 41.0 Å². The van der Waals surface area contributed by atoms with E-state index in [1.54, 1.807) is 12.1 Å². The summed E-state index contributed by atoms with van der Waals surface area (Å²) in [7, 11) is -4.41. The van der Waals surface area contributed by atoms with E-state index < -0.39 is 35.1 Å². The molecule has 16 heteroatoms. The van der Waals surface area contributed by atoms with Gasteiger partial charge in [-0.1, -0.05) is 18.2 Å². The van der Waals surface area contributed by atoms with Crippen molar-refractivity contribution in [3.8, 4) is 6.07 Å². The Hall–Kier alpha value is -4.49. The van der Waals surface area contributed by atoms with Gasteiger partial charge in [0.2, 0.25) is 10.0 Å². The Morgan fingerprint density at radius 1 is 1.02 bits per heavy atom. The van der Waals surface area contributed by atoms with Gasteiger partial charge < -0.3 is 15.4 Å². The molecule has 1 fully saturated rings. The number of pyridine rings is 2. The molecule has 0 saturated carbocycles. The zero-order valence-corrected chi connectivity index (χ0v) is 22.8. The number of rotatable bonds is 9. The van der Waals surface area contributed by atoms with Gasteiger partial charge in [0.15, 0.2) is 11.5 Å². The lowest BCUT2D eigenvalue weighted by Gasteiger charge is -2.26. The van der Waals surface area contributed by atoms with Gasteiger partial charge in [0, 0.05) is 12.7 Å². The third-order valence-electron chi connectivity index (χ3n) is 6.38. The molecule has 1 atom stereocenters. The van der Waals surface area contributed by atoms with Gasteiger partial charge in [0.25, 0.3) is 6.43 Å². The lowest BCUT2D eigenvalue weighted by molar-refractivity contribution is -0.0363. The first kappa shape index (κ1) is 29.0. The molecule has 0 amide bonds. The van der Waals surface area contributed by atoms with Crippen LogP contribution in [0, 0.1) is 11.3 Å². The van der Waals surface area contributed by atoms with Crippen molar-refractivity contribution in [3.63, 3.8) is 0 Å². The minimum Gasteiger partial charge on any atom is -0.358 e. The van der Waals surface area contributed by atoms with Crippen molar-refractivity contribution in [2.45, 2.75) is 38.5 Å². The standard InChI is InChI=1S/C26H24F4N8O3S/c1-42(39,40)38(26(29)30)18-9-3-2-8-16(18)33-17-13-20(34-19-10-6-7-15(14-31)32-19)35-24-22(17)36-25(23(27)28)37(24)21-11-4-5-12-41-21/h2-3,6-10,13,21,23,26H,4-5,11-12H2,1H3,(H2,32,33,34,35). The average molecular weight is 605 g/mol. The van der Waals surface area contributed by atoms with Crippen LogP contribution in [0.3, 0.4) is 0 Å². The first-order valence-corrected chi connectivity index (χ1v) is 14.5. The number of nitriles is 1. The number of nitrogens with zero attached hydrogens (tertiary/aromatic N) is 6. The summed E-state index contributed by atoms with van der Waals surface area (Å²) in [4.78, 5) is 12.8. The third kappa shape index (κ3) is 5.92. The van der Waals surface area contributed by atoms with E-state index in [1.807, 2.05) is 6.07 Å². The molecular formula is C26H24F4N8O3S. The van der Waals surface area contributed by atoms with E-state index in [-0.39, 0.29) is 49.9 Å². The van der Waals surface area contributed by atoms with Gasteiger partial charge in [0.1, 0.15) is 35.1 Å². The fourth-order valence-electron chi connectivity index (χ4n) is 4.65. The molecule has 42 heavy (non-hydrogen) atoms. The van der Waals surface area contributed by atoms with Gasteiger partial charge >= 0.3 is 6.55 Å². The van der Waals surface area contributed by atoms with Gasteiger partial charge in [-0.3, -0.25) is 4.57 Å². The molecule has 220 valence electrons. The number of imidazole rings is 1. The molecule has 1 saturated heterocycles. The monoisotopic (exact) mass is 604 g/mol. The third-order valence-corrected chi connectivity index (χ3v) is 7.45. The van der Waals surface area contributed by atoms with E-state index in [9.17, 15) is 31.2 Å². The van der Waals surface area contributed by atoms with Crippen LogP contribution in [0.15, 0.2) is 48.5 Å². The summed E-state index contributed by atoms with van der Waals surface area (Å²) in [6, 6.07) is 13.4. The highest BCUT2D eigenvalue weighted by atomic mass is 32.2. The van der Waals surface area contributed by atoms with Crippen molar-refractivity contribution in [2.75, 3.05) is 27.8 Å². The summed E-state index contributed by atoms with van der Waals surface area (Å²) in [5.74, 6) is -0.285. The minimum atomic E-state index is -4.41. The van der Waals surface area contributed by atoms with Crippen molar-refractivity contribution in [3.05, 3.63) is 60.0 Å². The Balaban J connectivity index is 1.70. The van der Waals surface area contributed by atoms with Crippen LogP contribution in [-0.4, -0.2) is 47.3 Å². The Morgan fingerprint density at radius 3 is 2.48 bits per heavy atom. The summed E-state index contributed by atoms with van der Waals surface area (Å²) in [6.45, 7) is -3.05. The highest BCUT2D eigenvalue weighted by Crippen LogP contribution is 2.39. The molecule has 1 unspecified atom stereocenters. The number of aromatic nitrogens is 4. The van der Waals surface area contributed by atoms with Crippen LogP contribution in [0.5, 0.6) is 0 Å². The first-order valence-electron chi connectivity index (χ1n) is 12.7. The summed E-state index contributed by atoms with van der Waals surface area (Å²) in [6.07, 6.45) is -1.22. The minimum absolute atomic E-state index is 0.00690. The molecule has 2 N–H and O–H groups in total. The number of alkyl halides is 4. The van der Waals surface area contributed by atoms with E-state index in [4.69, 9.17) is 4.74 Å². The van der Waals surface area contributed by atoms with E-state index >= 15 is 0 Å².